The highest BCUT2D eigenvalue weighted by atomic mass is 16.4. The first-order valence-corrected chi connectivity index (χ1v) is 17.1. The maximum atomic E-state index is 10.3. The number of carbonyl (C=O) groups is 1. The van der Waals surface area contributed by atoms with Crippen molar-refractivity contribution in [1.82, 2.24) is 0 Å². The van der Waals surface area contributed by atoms with Gasteiger partial charge in [-0.1, -0.05) is 140 Å². The van der Waals surface area contributed by atoms with Crippen LogP contribution in [0.1, 0.15) is 181 Å². The largest absolute Gasteiger partial charge is 0.481 e. The second-order valence-corrected chi connectivity index (χ2v) is 11.1. The molecule has 0 radical (unpaired) electrons. The Morgan fingerprint density at radius 3 is 1.26 bits per heavy atom. The molecule has 0 rings (SSSR count). The molecule has 0 aromatic heterocycles. The predicted octanol–water partition coefficient (Wildman–Crippen LogP) is 11.9. The molecular formula is C36H69NO2. The molecule has 3 nitrogen and oxygen atoms in total. The Bertz CT molecular complexity index is 538. The lowest BCUT2D eigenvalue weighted by molar-refractivity contribution is -0.137. The summed E-state index contributed by atoms with van der Waals surface area (Å²) in [7, 11) is 0. The third kappa shape index (κ3) is 43.9. The van der Waals surface area contributed by atoms with Gasteiger partial charge in [0.1, 0.15) is 0 Å². The van der Waals surface area contributed by atoms with E-state index in [0.717, 1.165) is 32.2 Å². The smallest absolute Gasteiger partial charge is 0.303 e. The highest BCUT2D eigenvalue weighted by Gasteiger charge is 1.96. The molecule has 230 valence electrons. The van der Waals surface area contributed by atoms with Crippen LogP contribution >= 0.6 is 0 Å². The Kier molecular flexibility index (Phi) is 39.6. The fourth-order valence-electron chi connectivity index (χ4n) is 4.48. The summed E-state index contributed by atoms with van der Waals surface area (Å²) in [6.07, 6.45) is 46.2. The molecule has 39 heavy (non-hydrogen) atoms. The van der Waals surface area contributed by atoms with Crippen LogP contribution in [0.4, 0.5) is 0 Å². The number of nitrogens with two attached hydrogens (primary N) is 1. The first-order chi connectivity index (χ1) is 19.2. The fourth-order valence-corrected chi connectivity index (χ4v) is 4.48. The number of rotatable bonds is 29. The van der Waals surface area contributed by atoms with Gasteiger partial charge in [-0.25, -0.2) is 0 Å². The number of allylic oxidation sites excluding steroid dienone is 6. The summed E-state index contributed by atoms with van der Waals surface area (Å²) < 4.78 is 0. The van der Waals surface area contributed by atoms with E-state index in [-0.39, 0.29) is 0 Å². The molecule has 3 heteroatoms. The molecule has 0 fully saturated rings. The van der Waals surface area contributed by atoms with E-state index in [1.807, 2.05) is 0 Å². The lowest BCUT2D eigenvalue weighted by Gasteiger charge is -1.99. The maximum Gasteiger partial charge on any atom is 0.303 e. The maximum absolute atomic E-state index is 10.3. The van der Waals surface area contributed by atoms with E-state index in [1.165, 1.54) is 135 Å². The van der Waals surface area contributed by atoms with E-state index < -0.39 is 5.97 Å². The summed E-state index contributed by atoms with van der Waals surface area (Å²) in [4.78, 5) is 10.3. The second kappa shape index (κ2) is 38.8. The average Bonchev–Trinajstić information content (AvgIpc) is 2.93. The van der Waals surface area contributed by atoms with Crippen LogP contribution < -0.4 is 5.73 Å². The van der Waals surface area contributed by atoms with Crippen molar-refractivity contribution in [3.63, 3.8) is 0 Å². The van der Waals surface area contributed by atoms with Gasteiger partial charge in [-0.3, -0.25) is 4.79 Å². The molecule has 0 aromatic rings. The monoisotopic (exact) mass is 548 g/mol. The molecule has 0 bridgehead atoms. The Labute approximate surface area is 245 Å². The van der Waals surface area contributed by atoms with Gasteiger partial charge in [0.2, 0.25) is 0 Å². The van der Waals surface area contributed by atoms with E-state index in [4.69, 9.17) is 10.8 Å². The molecule has 0 heterocycles. The highest BCUT2D eigenvalue weighted by molar-refractivity contribution is 5.66. The van der Waals surface area contributed by atoms with Gasteiger partial charge in [0.15, 0.2) is 0 Å². The van der Waals surface area contributed by atoms with Crippen LogP contribution in [0, 0.1) is 0 Å². The molecule has 0 unspecified atom stereocenters. The average molecular weight is 548 g/mol. The van der Waals surface area contributed by atoms with Gasteiger partial charge in [-0.15, -0.1) is 0 Å². The summed E-state index contributed by atoms with van der Waals surface area (Å²) in [5.41, 5.74) is 5.47. The van der Waals surface area contributed by atoms with Crippen LogP contribution in [-0.2, 0) is 4.79 Å². The number of carboxylic acid groups (broad SMARTS) is 1. The topological polar surface area (TPSA) is 63.3 Å². The van der Waals surface area contributed by atoms with Gasteiger partial charge in [0.25, 0.3) is 0 Å². The quantitative estimate of drug-likeness (QED) is 0.0723. The predicted molar refractivity (Wildman–Crippen MR) is 176 cm³/mol. The Morgan fingerprint density at radius 2 is 0.821 bits per heavy atom. The number of hydrogen-bond donors (Lipinski definition) is 2. The second-order valence-electron chi connectivity index (χ2n) is 11.1. The number of unbranched alkanes of at least 4 members (excludes halogenated alkanes) is 20. The minimum atomic E-state index is -0.671. The van der Waals surface area contributed by atoms with Crippen molar-refractivity contribution in [2.45, 2.75) is 181 Å². The molecule has 0 aliphatic rings. The van der Waals surface area contributed by atoms with Gasteiger partial charge >= 0.3 is 5.97 Å². The highest BCUT2D eigenvalue weighted by Crippen LogP contribution is 2.10. The molecule has 0 saturated heterocycles. The van der Waals surface area contributed by atoms with Crippen LogP contribution in [0.3, 0.4) is 0 Å². The number of hydrogen-bond acceptors (Lipinski definition) is 2. The summed E-state index contributed by atoms with van der Waals surface area (Å²) in [5, 5.41) is 8.50. The van der Waals surface area contributed by atoms with Crippen molar-refractivity contribution >= 4 is 5.97 Å². The molecule has 3 N–H and O–H groups in total. The minimum Gasteiger partial charge on any atom is -0.481 e. The van der Waals surface area contributed by atoms with Gasteiger partial charge in [-0.05, 0) is 77.2 Å². The third-order valence-electron chi connectivity index (χ3n) is 7.06. The van der Waals surface area contributed by atoms with Crippen LogP contribution in [0.2, 0.25) is 0 Å². The molecular weight excluding hydrogens is 478 g/mol. The molecule has 0 saturated carbocycles. The third-order valence-corrected chi connectivity index (χ3v) is 7.06. The summed E-state index contributed by atoms with van der Waals surface area (Å²) >= 11 is 0. The zero-order chi connectivity index (χ0) is 28.9. The van der Waals surface area contributed by atoms with Crippen LogP contribution in [-0.4, -0.2) is 17.6 Å². The minimum absolute atomic E-state index is 0.324. The summed E-state index contributed by atoms with van der Waals surface area (Å²) in [6.45, 7) is 5.38. The molecule has 0 aliphatic carbocycles. The SMILES string of the molecule is CCCCC/C=C\C/C=C\CCCCCCCC(=O)O.CCCCCCCC/C=C\CCCCCCCCN. The van der Waals surface area contributed by atoms with Crippen LogP contribution in [0.5, 0.6) is 0 Å². The van der Waals surface area contributed by atoms with E-state index in [9.17, 15) is 4.79 Å². The molecule has 0 amide bonds. The van der Waals surface area contributed by atoms with Crippen LogP contribution in [0.25, 0.3) is 0 Å². The standard InChI is InChI=1S/C18H37N.C18H32O2/c1-2-3-4-5-6-7-8-9-10-11-12-13-14-15-16-17-18-19;1-2-3-4-5-6-7-8-9-10-11-12-13-14-15-16-17-18(19)20/h9-10H,2-8,11-19H2,1H3;6-7,9-10H,2-5,8,11-17H2,1H3,(H,19,20)/b10-9-;7-6-,10-9-. The lowest BCUT2D eigenvalue weighted by Crippen LogP contribution is -1.97. The first-order valence-electron chi connectivity index (χ1n) is 17.1. The Balaban J connectivity index is 0. The van der Waals surface area contributed by atoms with Crippen molar-refractivity contribution in [3.05, 3.63) is 36.5 Å². The molecule has 0 spiro atoms. The van der Waals surface area contributed by atoms with Crippen molar-refractivity contribution in [3.8, 4) is 0 Å². The number of carboxylic acids is 1. The van der Waals surface area contributed by atoms with Crippen molar-refractivity contribution in [1.29, 1.82) is 0 Å². The van der Waals surface area contributed by atoms with Gasteiger partial charge in [0.05, 0.1) is 0 Å². The summed E-state index contributed by atoms with van der Waals surface area (Å²) in [6, 6.07) is 0. The van der Waals surface area contributed by atoms with Crippen molar-refractivity contribution < 1.29 is 9.90 Å². The zero-order valence-electron chi connectivity index (χ0n) is 26.5. The molecule has 0 aromatic carbocycles. The number of aliphatic carboxylic acids is 1. The van der Waals surface area contributed by atoms with E-state index in [1.54, 1.807) is 0 Å². The van der Waals surface area contributed by atoms with E-state index in [2.05, 4.69) is 50.3 Å². The zero-order valence-corrected chi connectivity index (χ0v) is 26.5. The van der Waals surface area contributed by atoms with Crippen molar-refractivity contribution in [2.75, 3.05) is 6.54 Å². The fraction of sp³-hybridized carbons (Fsp3) is 0.806. The molecule has 0 atom stereocenters. The van der Waals surface area contributed by atoms with Crippen LogP contribution in [0.15, 0.2) is 36.5 Å². The Morgan fingerprint density at radius 1 is 0.487 bits per heavy atom. The van der Waals surface area contributed by atoms with Gasteiger partial charge in [0, 0.05) is 6.42 Å². The van der Waals surface area contributed by atoms with E-state index in [0.29, 0.717) is 6.42 Å². The van der Waals surface area contributed by atoms with Gasteiger partial charge < -0.3 is 10.8 Å². The molecule has 0 aliphatic heterocycles. The normalized spacial score (nSPS) is 11.6. The van der Waals surface area contributed by atoms with Gasteiger partial charge in [-0.2, -0.15) is 0 Å². The first kappa shape index (κ1) is 39.8. The van der Waals surface area contributed by atoms with E-state index >= 15 is 0 Å². The Hall–Kier alpha value is -1.35. The lowest BCUT2D eigenvalue weighted by atomic mass is 10.1. The van der Waals surface area contributed by atoms with Crippen molar-refractivity contribution in [2.24, 2.45) is 5.73 Å². The summed E-state index contributed by atoms with van der Waals surface area (Å²) in [5.74, 6) is -0.671.